The fourth-order valence-electron chi connectivity index (χ4n) is 6.71. The lowest BCUT2D eigenvalue weighted by molar-refractivity contribution is -0.167. The monoisotopic (exact) mass is 925 g/mol. The highest BCUT2D eigenvalue weighted by Gasteiger charge is 2.19. The van der Waals surface area contributed by atoms with Gasteiger partial charge in [-0.05, 0) is 109 Å². The SMILES string of the molecule is CC/C=C\C/C=C\C/C=C\C/C=C\C/C=C\C/C=C\C/C=C\CCCC(=O)OCC(COC(=O)CCCCCCCCC)OC(=O)CCCCCCCC/C=C\C/C=C\C/C=C\C/C=C\CC. The zero-order valence-electron chi connectivity index (χ0n) is 42.9. The first-order valence-electron chi connectivity index (χ1n) is 26.7. The van der Waals surface area contributed by atoms with Gasteiger partial charge in [0.15, 0.2) is 6.10 Å². The summed E-state index contributed by atoms with van der Waals surface area (Å²) in [4.78, 5) is 37.9. The molecular weight excluding hydrogens is 829 g/mol. The number of esters is 3. The van der Waals surface area contributed by atoms with Crippen LogP contribution < -0.4 is 0 Å². The average Bonchev–Trinajstić information content (AvgIpc) is 3.33. The first-order valence-corrected chi connectivity index (χ1v) is 26.7. The van der Waals surface area contributed by atoms with Gasteiger partial charge >= 0.3 is 17.9 Å². The second-order valence-electron chi connectivity index (χ2n) is 17.0. The van der Waals surface area contributed by atoms with Crippen molar-refractivity contribution >= 4 is 17.9 Å². The maximum Gasteiger partial charge on any atom is 0.306 e. The Morgan fingerprint density at radius 3 is 0.970 bits per heavy atom. The highest BCUT2D eigenvalue weighted by atomic mass is 16.6. The minimum absolute atomic E-state index is 0.106. The summed E-state index contributed by atoms with van der Waals surface area (Å²) in [6.45, 7) is 6.29. The number of allylic oxidation sites excluding steroid dienone is 22. The average molecular weight is 925 g/mol. The van der Waals surface area contributed by atoms with Crippen LogP contribution in [0.5, 0.6) is 0 Å². The topological polar surface area (TPSA) is 78.9 Å². The van der Waals surface area contributed by atoms with E-state index in [0.29, 0.717) is 19.3 Å². The number of rotatable bonds is 46. The van der Waals surface area contributed by atoms with Crippen LogP contribution in [0, 0.1) is 0 Å². The number of hydrogen-bond donors (Lipinski definition) is 0. The van der Waals surface area contributed by atoms with E-state index in [2.05, 4.69) is 154 Å². The van der Waals surface area contributed by atoms with Crippen molar-refractivity contribution in [1.82, 2.24) is 0 Å². The van der Waals surface area contributed by atoms with Crippen LogP contribution >= 0.6 is 0 Å². The minimum Gasteiger partial charge on any atom is -0.462 e. The molecule has 0 aromatic heterocycles. The zero-order valence-corrected chi connectivity index (χ0v) is 42.9. The van der Waals surface area contributed by atoms with Gasteiger partial charge in [-0.1, -0.05) is 219 Å². The molecule has 0 aliphatic carbocycles. The highest BCUT2D eigenvalue weighted by molar-refractivity contribution is 5.71. The Balaban J connectivity index is 4.40. The van der Waals surface area contributed by atoms with E-state index in [1.54, 1.807) is 0 Å². The highest BCUT2D eigenvalue weighted by Crippen LogP contribution is 2.13. The number of hydrogen-bond acceptors (Lipinski definition) is 6. The van der Waals surface area contributed by atoms with Crippen molar-refractivity contribution in [2.75, 3.05) is 13.2 Å². The summed E-state index contributed by atoms with van der Waals surface area (Å²) in [6, 6.07) is 0. The van der Waals surface area contributed by atoms with Crippen molar-refractivity contribution in [2.45, 2.75) is 219 Å². The second-order valence-corrected chi connectivity index (χ2v) is 17.0. The molecule has 0 spiro atoms. The van der Waals surface area contributed by atoms with Gasteiger partial charge in [0.05, 0.1) is 0 Å². The van der Waals surface area contributed by atoms with Crippen LogP contribution in [-0.4, -0.2) is 37.2 Å². The van der Waals surface area contributed by atoms with E-state index in [0.717, 1.165) is 128 Å². The maximum atomic E-state index is 12.8. The number of carbonyl (C=O) groups excluding carboxylic acids is 3. The molecule has 0 saturated carbocycles. The largest absolute Gasteiger partial charge is 0.462 e. The quantitative estimate of drug-likeness (QED) is 0.0262. The fraction of sp³-hybridized carbons (Fsp3) is 0.590. The third-order valence-corrected chi connectivity index (χ3v) is 10.7. The normalized spacial score (nSPS) is 13.2. The second kappa shape index (κ2) is 54.2. The van der Waals surface area contributed by atoms with Crippen LogP contribution in [0.2, 0.25) is 0 Å². The molecule has 0 amide bonds. The summed E-state index contributed by atoms with van der Waals surface area (Å²) >= 11 is 0. The van der Waals surface area contributed by atoms with Crippen LogP contribution in [0.25, 0.3) is 0 Å². The van der Waals surface area contributed by atoms with Crippen molar-refractivity contribution in [1.29, 1.82) is 0 Å². The molecule has 0 rings (SSSR count). The Kier molecular flexibility index (Phi) is 50.6. The van der Waals surface area contributed by atoms with Crippen molar-refractivity contribution in [3.05, 3.63) is 134 Å². The predicted molar refractivity (Wildman–Crippen MR) is 288 cm³/mol. The van der Waals surface area contributed by atoms with E-state index in [1.807, 2.05) is 0 Å². The predicted octanol–water partition coefficient (Wildman–Crippen LogP) is 17.9. The molecule has 0 aromatic carbocycles. The van der Waals surface area contributed by atoms with Gasteiger partial charge in [0.2, 0.25) is 0 Å². The molecule has 1 atom stereocenters. The molecule has 0 N–H and O–H groups in total. The van der Waals surface area contributed by atoms with E-state index in [9.17, 15) is 14.4 Å². The Morgan fingerprint density at radius 1 is 0.313 bits per heavy atom. The van der Waals surface area contributed by atoms with Crippen molar-refractivity contribution in [3.63, 3.8) is 0 Å². The molecule has 0 heterocycles. The molecule has 0 aliphatic rings. The molecule has 0 aliphatic heterocycles. The lowest BCUT2D eigenvalue weighted by Crippen LogP contribution is -2.30. The third-order valence-electron chi connectivity index (χ3n) is 10.7. The molecule has 0 radical (unpaired) electrons. The molecule has 0 bridgehead atoms. The van der Waals surface area contributed by atoms with Gasteiger partial charge in [0.1, 0.15) is 13.2 Å². The number of carbonyl (C=O) groups is 3. The van der Waals surface area contributed by atoms with Crippen LogP contribution in [0.4, 0.5) is 0 Å². The standard InChI is InChI=1S/C61H96O6/c1-4-7-10-13-16-18-20-22-24-26-28-29-30-31-33-34-36-38-40-42-45-48-51-54-60(63)66-57-58(56-65-59(62)53-50-47-44-15-12-9-6-3)67-61(64)55-52-49-46-43-41-39-37-35-32-27-25-23-21-19-17-14-11-8-5-2/h7-8,10-11,16-19,22-25,28-29,31-33,35-36,38,42,45,58H,4-6,9,12-15,20-21,26-27,30,34,37,39-41,43-44,46-57H2,1-3H3/b10-7-,11-8-,18-16-,19-17-,24-22-,25-23-,29-28-,33-31-,35-32-,38-36-,45-42-. The van der Waals surface area contributed by atoms with E-state index in [-0.39, 0.29) is 37.5 Å². The Labute approximate surface area is 411 Å². The van der Waals surface area contributed by atoms with E-state index in [4.69, 9.17) is 14.2 Å². The molecule has 6 heteroatoms. The molecule has 376 valence electrons. The van der Waals surface area contributed by atoms with E-state index < -0.39 is 6.10 Å². The summed E-state index contributed by atoms with van der Waals surface area (Å²) < 4.78 is 16.7. The first kappa shape index (κ1) is 62.5. The van der Waals surface area contributed by atoms with Crippen molar-refractivity contribution in [3.8, 4) is 0 Å². The maximum absolute atomic E-state index is 12.8. The summed E-state index contributed by atoms with van der Waals surface area (Å²) in [5, 5.41) is 0. The zero-order chi connectivity index (χ0) is 48.6. The van der Waals surface area contributed by atoms with Crippen LogP contribution in [0.1, 0.15) is 213 Å². The Morgan fingerprint density at radius 2 is 0.597 bits per heavy atom. The van der Waals surface area contributed by atoms with E-state index >= 15 is 0 Å². The van der Waals surface area contributed by atoms with Gasteiger partial charge in [0.25, 0.3) is 0 Å². The van der Waals surface area contributed by atoms with E-state index in [1.165, 1.54) is 38.5 Å². The van der Waals surface area contributed by atoms with Gasteiger partial charge in [0, 0.05) is 19.3 Å². The van der Waals surface area contributed by atoms with Crippen molar-refractivity contribution < 1.29 is 28.6 Å². The molecular formula is C61H96O6. The Hall–Kier alpha value is -4.45. The summed E-state index contributed by atoms with van der Waals surface area (Å²) in [7, 11) is 0. The van der Waals surface area contributed by atoms with Gasteiger partial charge < -0.3 is 14.2 Å². The van der Waals surface area contributed by atoms with Crippen molar-refractivity contribution in [2.24, 2.45) is 0 Å². The minimum atomic E-state index is -0.811. The molecule has 67 heavy (non-hydrogen) atoms. The lowest BCUT2D eigenvalue weighted by Gasteiger charge is -2.18. The summed E-state index contributed by atoms with van der Waals surface area (Å²) in [5.41, 5.74) is 0. The molecule has 0 saturated heterocycles. The number of unbranched alkanes of at least 4 members (excludes halogenated alkanes) is 13. The van der Waals surface area contributed by atoms with Gasteiger partial charge in [-0.3, -0.25) is 14.4 Å². The summed E-state index contributed by atoms with van der Waals surface area (Å²) in [6.07, 6.45) is 76.0. The fourth-order valence-corrected chi connectivity index (χ4v) is 6.71. The van der Waals surface area contributed by atoms with Crippen LogP contribution in [0.3, 0.4) is 0 Å². The van der Waals surface area contributed by atoms with Gasteiger partial charge in [-0.2, -0.15) is 0 Å². The third kappa shape index (κ3) is 52.4. The number of ether oxygens (including phenoxy) is 3. The Bertz CT molecular complexity index is 1480. The van der Waals surface area contributed by atoms with Gasteiger partial charge in [-0.25, -0.2) is 0 Å². The lowest BCUT2D eigenvalue weighted by atomic mass is 10.1. The van der Waals surface area contributed by atoms with Crippen LogP contribution in [-0.2, 0) is 28.6 Å². The smallest absolute Gasteiger partial charge is 0.306 e. The molecule has 6 nitrogen and oxygen atoms in total. The molecule has 0 fully saturated rings. The first-order chi connectivity index (χ1) is 33.0. The van der Waals surface area contributed by atoms with Crippen LogP contribution in [0.15, 0.2) is 134 Å². The molecule has 1 unspecified atom stereocenters. The summed E-state index contributed by atoms with van der Waals surface area (Å²) in [5.74, 6) is -0.998. The molecule has 0 aromatic rings. The van der Waals surface area contributed by atoms with Gasteiger partial charge in [-0.15, -0.1) is 0 Å².